The van der Waals surface area contributed by atoms with Crippen LogP contribution in [0.25, 0.3) is 0 Å². The Balaban J connectivity index is 1.80. The van der Waals surface area contributed by atoms with E-state index >= 15 is 0 Å². The first kappa shape index (κ1) is 11.1. The van der Waals surface area contributed by atoms with Gasteiger partial charge in [0.2, 0.25) is 5.91 Å². The molecule has 0 spiro atoms. The van der Waals surface area contributed by atoms with Crippen LogP contribution in [0.15, 0.2) is 15.9 Å². The molecule has 1 aromatic rings. The van der Waals surface area contributed by atoms with Gasteiger partial charge in [-0.2, -0.15) is 0 Å². The molecular formula is C10H13BrN2OS. The minimum Gasteiger partial charge on any atom is -0.351 e. The molecule has 2 rings (SSSR count). The lowest BCUT2D eigenvalue weighted by Gasteiger charge is -2.08. The van der Waals surface area contributed by atoms with Gasteiger partial charge in [-0.1, -0.05) is 0 Å². The van der Waals surface area contributed by atoms with Gasteiger partial charge in [-0.05, 0) is 41.0 Å². The van der Waals surface area contributed by atoms with E-state index in [9.17, 15) is 4.79 Å². The Kier molecular flexibility index (Phi) is 3.77. The number of amides is 1. The van der Waals surface area contributed by atoms with Crippen LogP contribution in [-0.4, -0.2) is 19.0 Å². The highest BCUT2D eigenvalue weighted by Crippen LogP contribution is 2.21. The minimum absolute atomic E-state index is 0.161. The number of nitrogens with one attached hydrogen (secondary N) is 2. The van der Waals surface area contributed by atoms with E-state index < -0.39 is 0 Å². The van der Waals surface area contributed by atoms with Crippen molar-refractivity contribution >= 4 is 33.2 Å². The molecule has 2 N–H and O–H groups in total. The van der Waals surface area contributed by atoms with Gasteiger partial charge in [0.25, 0.3) is 0 Å². The van der Waals surface area contributed by atoms with E-state index in [2.05, 4.69) is 26.6 Å². The van der Waals surface area contributed by atoms with Crippen LogP contribution in [0.4, 0.5) is 0 Å². The maximum absolute atomic E-state index is 11.7. The highest BCUT2D eigenvalue weighted by Gasteiger charge is 2.21. The van der Waals surface area contributed by atoms with Crippen molar-refractivity contribution in [1.29, 1.82) is 0 Å². The van der Waals surface area contributed by atoms with Crippen molar-refractivity contribution in [3.8, 4) is 0 Å². The molecule has 1 unspecified atom stereocenters. The molecule has 0 bridgehead atoms. The summed E-state index contributed by atoms with van der Waals surface area (Å²) in [4.78, 5) is 12.8. The van der Waals surface area contributed by atoms with E-state index in [1.807, 2.05) is 12.1 Å². The first-order chi connectivity index (χ1) is 7.25. The number of carbonyl (C=O) groups excluding carboxylic acids is 1. The van der Waals surface area contributed by atoms with Crippen LogP contribution >= 0.6 is 27.3 Å². The number of halogens is 1. The fourth-order valence-electron chi connectivity index (χ4n) is 1.64. The lowest BCUT2D eigenvalue weighted by atomic mass is 10.1. The fraction of sp³-hybridized carbons (Fsp3) is 0.500. The quantitative estimate of drug-likeness (QED) is 0.890. The van der Waals surface area contributed by atoms with Gasteiger partial charge in [-0.25, -0.2) is 0 Å². The summed E-state index contributed by atoms with van der Waals surface area (Å²) in [5.41, 5.74) is 0. The highest BCUT2D eigenvalue weighted by molar-refractivity contribution is 9.11. The van der Waals surface area contributed by atoms with Crippen molar-refractivity contribution in [3.05, 3.63) is 20.8 Å². The summed E-state index contributed by atoms with van der Waals surface area (Å²) < 4.78 is 1.11. The first-order valence-corrected chi connectivity index (χ1v) is 6.59. The van der Waals surface area contributed by atoms with Crippen LogP contribution in [0.2, 0.25) is 0 Å². The molecule has 5 heteroatoms. The third-order valence-corrected chi connectivity index (χ3v) is 4.12. The summed E-state index contributed by atoms with van der Waals surface area (Å²) in [6.45, 7) is 2.42. The van der Waals surface area contributed by atoms with Crippen molar-refractivity contribution in [1.82, 2.24) is 10.6 Å². The number of hydrogen-bond donors (Lipinski definition) is 2. The summed E-state index contributed by atoms with van der Waals surface area (Å²) in [5.74, 6) is 0.331. The summed E-state index contributed by atoms with van der Waals surface area (Å²) >= 11 is 5.06. The molecule has 1 aliphatic rings. The first-order valence-electron chi connectivity index (χ1n) is 4.98. The van der Waals surface area contributed by atoms with Crippen LogP contribution in [-0.2, 0) is 11.3 Å². The molecule has 3 nitrogen and oxygen atoms in total. The second-order valence-corrected chi connectivity index (χ2v) is 6.16. The zero-order valence-corrected chi connectivity index (χ0v) is 10.7. The molecule has 1 aliphatic heterocycles. The summed E-state index contributed by atoms with van der Waals surface area (Å²) in [7, 11) is 0. The Morgan fingerprint density at radius 3 is 3.13 bits per heavy atom. The topological polar surface area (TPSA) is 41.1 Å². The van der Waals surface area contributed by atoms with Gasteiger partial charge in [0.05, 0.1) is 16.2 Å². The van der Waals surface area contributed by atoms with Crippen molar-refractivity contribution in [2.75, 3.05) is 13.1 Å². The Labute approximate surface area is 101 Å². The molecule has 1 atom stereocenters. The number of carbonyl (C=O) groups is 1. The van der Waals surface area contributed by atoms with Crippen LogP contribution in [0, 0.1) is 5.92 Å². The standard InChI is InChI=1S/C10H13BrN2OS/c11-9-2-1-8(15-9)6-13-10(14)7-3-4-12-5-7/h1-2,7,12H,3-6H2,(H,13,14). The van der Waals surface area contributed by atoms with Gasteiger partial charge >= 0.3 is 0 Å². The average Bonchev–Trinajstić information content (AvgIpc) is 2.84. The molecule has 1 saturated heterocycles. The summed E-state index contributed by atoms with van der Waals surface area (Å²) in [5, 5.41) is 6.15. The van der Waals surface area contributed by atoms with Gasteiger partial charge in [0.15, 0.2) is 0 Å². The van der Waals surface area contributed by atoms with Crippen molar-refractivity contribution < 1.29 is 4.79 Å². The highest BCUT2D eigenvalue weighted by atomic mass is 79.9. The number of hydrogen-bond acceptors (Lipinski definition) is 3. The lowest BCUT2D eigenvalue weighted by Crippen LogP contribution is -2.31. The van der Waals surface area contributed by atoms with Crippen LogP contribution in [0.1, 0.15) is 11.3 Å². The van der Waals surface area contributed by atoms with Crippen LogP contribution in [0.3, 0.4) is 0 Å². The van der Waals surface area contributed by atoms with E-state index in [0.29, 0.717) is 6.54 Å². The predicted octanol–water partition coefficient (Wildman–Crippen LogP) is 1.74. The molecular weight excluding hydrogens is 276 g/mol. The Bertz CT molecular complexity index is 347. The zero-order valence-electron chi connectivity index (χ0n) is 8.25. The maximum atomic E-state index is 11.7. The molecule has 1 amide bonds. The van der Waals surface area contributed by atoms with Gasteiger partial charge in [-0.3, -0.25) is 4.79 Å². The smallest absolute Gasteiger partial charge is 0.224 e. The second-order valence-electron chi connectivity index (χ2n) is 3.61. The van der Waals surface area contributed by atoms with Gasteiger partial charge in [0.1, 0.15) is 0 Å². The maximum Gasteiger partial charge on any atom is 0.224 e. The molecule has 0 aliphatic carbocycles. The summed E-state index contributed by atoms with van der Waals surface area (Å²) in [6.07, 6.45) is 0.958. The van der Waals surface area contributed by atoms with Crippen LogP contribution < -0.4 is 10.6 Å². The van der Waals surface area contributed by atoms with Crippen molar-refractivity contribution in [2.45, 2.75) is 13.0 Å². The van der Waals surface area contributed by atoms with Crippen molar-refractivity contribution in [3.63, 3.8) is 0 Å². The monoisotopic (exact) mass is 288 g/mol. The second kappa shape index (κ2) is 5.09. The largest absolute Gasteiger partial charge is 0.351 e. The van der Waals surface area contributed by atoms with E-state index in [4.69, 9.17) is 0 Å². The minimum atomic E-state index is 0.161. The molecule has 0 saturated carbocycles. The average molecular weight is 289 g/mol. The third kappa shape index (κ3) is 3.03. The Hall–Kier alpha value is -0.390. The van der Waals surface area contributed by atoms with E-state index in [-0.39, 0.29) is 11.8 Å². The number of thiophene rings is 1. The van der Waals surface area contributed by atoms with E-state index in [1.165, 1.54) is 4.88 Å². The van der Waals surface area contributed by atoms with Crippen LogP contribution in [0.5, 0.6) is 0 Å². The molecule has 2 heterocycles. The molecule has 82 valence electrons. The Morgan fingerprint density at radius 2 is 2.53 bits per heavy atom. The fourth-order valence-corrected chi connectivity index (χ4v) is 3.07. The zero-order chi connectivity index (χ0) is 10.7. The molecule has 0 radical (unpaired) electrons. The van der Waals surface area contributed by atoms with Gasteiger partial charge in [-0.15, -0.1) is 11.3 Å². The van der Waals surface area contributed by atoms with E-state index in [0.717, 1.165) is 23.3 Å². The summed E-state index contributed by atoms with van der Waals surface area (Å²) in [6, 6.07) is 4.03. The van der Waals surface area contributed by atoms with Crippen molar-refractivity contribution in [2.24, 2.45) is 5.92 Å². The molecule has 1 fully saturated rings. The van der Waals surface area contributed by atoms with E-state index in [1.54, 1.807) is 11.3 Å². The number of rotatable bonds is 3. The van der Waals surface area contributed by atoms with Gasteiger partial charge in [0, 0.05) is 11.4 Å². The van der Waals surface area contributed by atoms with Gasteiger partial charge < -0.3 is 10.6 Å². The third-order valence-electron chi connectivity index (χ3n) is 2.50. The lowest BCUT2D eigenvalue weighted by molar-refractivity contribution is -0.124. The molecule has 0 aromatic carbocycles. The Morgan fingerprint density at radius 1 is 1.67 bits per heavy atom. The normalized spacial score (nSPS) is 20.5. The SMILES string of the molecule is O=C(NCc1ccc(Br)s1)C1CCNC1. The molecule has 1 aromatic heterocycles. The predicted molar refractivity (Wildman–Crippen MR) is 64.8 cm³/mol. The molecule has 15 heavy (non-hydrogen) atoms.